The van der Waals surface area contributed by atoms with Crippen molar-refractivity contribution >= 4 is 11.9 Å². The van der Waals surface area contributed by atoms with E-state index in [-0.39, 0.29) is 0 Å². The van der Waals surface area contributed by atoms with Crippen LogP contribution in [-0.4, -0.2) is 31.7 Å². The first-order valence-electron chi connectivity index (χ1n) is 10.3. The molecule has 0 aromatic carbocycles. The first kappa shape index (κ1) is 20.1. The van der Waals surface area contributed by atoms with Crippen LogP contribution in [0.2, 0.25) is 0 Å². The van der Waals surface area contributed by atoms with Gasteiger partial charge in [0.05, 0.1) is 12.4 Å². The van der Waals surface area contributed by atoms with Gasteiger partial charge < -0.3 is 0 Å². The number of rotatable bonds is 8. The molecule has 3 nitrogen and oxygen atoms in total. The fraction of sp³-hybridized carbons (Fsp3) is 0.727. The molecule has 140 valence electrons. The summed E-state index contributed by atoms with van der Waals surface area (Å²) in [5.74, 6) is 0.854. The van der Waals surface area contributed by atoms with E-state index in [0.717, 1.165) is 11.6 Å². The second-order valence-electron chi connectivity index (χ2n) is 7.68. The Morgan fingerprint density at radius 2 is 1.72 bits per heavy atom. The second kappa shape index (κ2) is 11.4. The Bertz CT molecular complexity index is 501. The van der Waals surface area contributed by atoms with Crippen LogP contribution in [0, 0.1) is 5.92 Å². The topological polar surface area (TPSA) is 36.8 Å². The Morgan fingerprint density at radius 3 is 2.36 bits per heavy atom. The van der Waals surface area contributed by atoms with Gasteiger partial charge in [-0.15, -0.1) is 0 Å². The second-order valence-corrected chi connectivity index (χ2v) is 7.68. The van der Waals surface area contributed by atoms with Crippen LogP contribution >= 0.6 is 0 Å². The average Bonchev–Trinajstić information content (AvgIpc) is 3.13. The van der Waals surface area contributed by atoms with Gasteiger partial charge in [-0.3, -0.25) is 15.3 Å². The zero-order valence-corrected chi connectivity index (χ0v) is 16.6. The highest BCUT2D eigenvalue weighted by Crippen LogP contribution is 2.31. The summed E-state index contributed by atoms with van der Waals surface area (Å²) in [6.07, 6.45) is 19.7. The van der Waals surface area contributed by atoms with Crippen molar-refractivity contribution in [2.45, 2.75) is 84.1 Å². The van der Waals surface area contributed by atoms with Crippen molar-refractivity contribution in [3.63, 3.8) is 0 Å². The van der Waals surface area contributed by atoms with E-state index in [9.17, 15) is 0 Å². The molecule has 0 spiro atoms. The zero-order chi connectivity index (χ0) is 17.9. The molecule has 2 saturated carbocycles. The highest BCUT2D eigenvalue weighted by Gasteiger charge is 2.17. The van der Waals surface area contributed by atoms with E-state index >= 15 is 0 Å². The van der Waals surface area contributed by atoms with E-state index in [4.69, 9.17) is 4.99 Å². The SMILES string of the molecule is C\C=C/C(=N\CNC1CCCCC1)C(/C=N\C)=C(\C)CC1CCCC1. The molecule has 0 aromatic heterocycles. The van der Waals surface area contributed by atoms with Crippen molar-refractivity contribution in [2.75, 3.05) is 13.7 Å². The van der Waals surface area contributed by atoms with Crippen molar-refractivity contribution in [2.24, 2.45) is 15.9 Å². The molecular formula is C22H37N3. The average molecular weight is 344 g/mol. The molecule has 0 bridgehead atoms. The van der Waals surface area contributed by atoms with E-state index in [2.05, 4.69) is 36.3 Å². The minimum absolute atomic E-state index is 0.649. The number of hydrogen-bond donors (Lipinski definition) is 1. The van der Waals surface area contributed by atoms with Gasteiger partial charge in [-0.25, -0.2) is 0 Å². The molecule has 2 fully saturated rings. The predicted octanol–water partition coefficient (Wildman–Crippen LogP) is 5.48. The van der Waals surface area contributed by atoms with E-state index < -0.39 is 0 Å². The van der Waals surface area contributed by atoms with Gasteiger partial charge >= 0.3 is 0 Å². The summed E-state index contributed by atoms with van der Waals surface area (Å²) >= 11 is 0. The van der Waals surface area contributed by atoms with Gasteiger partial charge in [0.25, 0.3) is 0 Å². The quantitative estimate of drug-likeness (QED) is 0.582. The van der Waals surface area contributed by atoms with Crippen molar-refractivity contribution in [3.8, 4) is 0 Å². The summed E-state index contributed by atoms with van der Waals surface area (Å²) in [6, 6.07) is 0.649. The molecule has 0 atom stereocenters. The lowest BCUT2D eigenvalue weighted by Gasteiger charge is -2.22. The molecule has 2 rings (SSSR count). The third-order valence-electron chi connectivity index (χ3n) is 5.62. The third kappa shape index (κ3) is 6.89. The fourth-order valence-corrected chi connectivity index (χ4v) is 4.23. The van der Waals surface area contributed by atoms with Gasteiger partial charge in [-0.05, 0) is 45.1 Å². The van der Waals surface area contributed by atoms with Crippen LogP contribution in [-0.2, 0) is 0 Å². The lowest BCUT2D eigenvalue weighted by atomic mass is 9.93. The molecule has 1 N–H and O–H groups in total. The zero-order valence-electron chi connectivity index (χ0n) is 16.6. The summed E-state index contributed by atoms with van der Waals surface area (Å²) in [6.45, 7) is 5.04. The Balaban J connectivity index is 2.06. The molecule has 2 aliphatic rings. The molecule has 0 unspecified atom stereocenters. The van der Waals surface area contributed by atoms with E-state index in [1.54, 1.807) is 0 Å². The van der Waals surface area contributed by atoms with Gasteiger partial charge in [0.15, 0.2) is 0 Å². The van der Waals surface area contributed by atoms with Crippen molar-refractivity contribution in [1.82, 2.24) is 5.32 Å². The molecule has 0 amide bonds. The van der Waals surface area contributed by atoms with Crippen LogP contribution in [0.3, 0.4) is 0 Å². The van der Waals surface area contributed by atoms with Crippen molar-refractivity contribution in [3.05, 3.63) is 23.3 Å². The lowest BCUT2D eigenvalue weighted by molar-refractivity contribution is 0.378. The molecule has 3 heteroatoms. The summed E-state index contributed by atoms with van der Waals surface area (Å²) in [5.41, 5.74) is 3.73. The Labute approximate surface area is 154 Å². The minimum Gasteiger partial charge on any atom is -0.296 e. The first-order valence-corrected chi connectivity index (χ1v) is 10.3. The molecule has 0 radical (unpaired) electrons. The van der Waals surface area contributed by atoms with E-state index in [0.29, 0.717) is 12.7 Å². The van der Waals surface area contributed by atoms with Crippen LogP contribution in [0.25, 0.3) is 0 Å². The van der Waals surface area contributed by atoms with E-state index in [1.807, 2.05) is 13.3 Å². The normalized spacial score (nSPS) is 22.3. The smallest absolute Gasteiger partial charge is 0.0894 e. The van der Waals surface area contributed by atoms with Gasteiger partial charge in [0, 0.05) is 24.9 Å². The Kier molecular flexibility index (Phi) is 9.17. The maximum Gasteiger partial charge on any atom is 0.0894 e. The number of nitrogens with one attached hydrogen (secondary N) is 1. The maximum absolute atomic E-state index is 4.89. The van der Waals surface area contributed by atoms with Crippen molar-refractivity contribution < 1.29 is 0 Å². The number of allylic oxidation sites excluding steroid dienone is 4. The number of nitrogens with zero attached hydrogens (tertiary/aromatic N) is 2. The highest BCUT2D eigenvalue weighted by atomic mass is 15.0. The van der Waals surface area contributed by atoms with Crippen LogP contribution in [0.15, 0.2) is 33.3 Å². The minimum atomic E-state index is 0.649. The van der Waals surface area contributed by atoms with Gasteiger partial charge in [0.1, 0.15) is 0 Å². The van der Waals surface area contributed by atoms with Crippen molar-refractivity contribution in [1.29, 1.82) is 0 Å². The molecule has 25 heavy (non-hydrogen) atoms. The summed E-state index contributed by atoms with van der Waals surface area (Å²) < 4.78 is 0. The first-order chi connectivity index (χ1) is 12.2. The fourth-order valence-electron chi connectivity index (χ4n) is 4.23. The number of hydrogen-bond acceptors (Lipinski definition) is 3. The van der Waals surface area contributed by atoms with Crippen LogP contribution in [0.5, 0.6) is 0 Å². The molecule has 0 aliphatic heterocycles. The van der Waals surface area contributed by atoms with Crippen LogP contribution in [0.1, 0.15) is 78.1 Å². The monoisotopic (exact) mass is 343 g/mol. The lowest BCUT2D eigenvalue weighted by Crippen LogP contribution is -2.31. The molecular weight excluding hydrogens is 306 g/mol. The molecule has 0 heterocycles. The molecule has 0 saturated heterocycles. The summed E-state index contributed by atoms with van der Waals surface area (Å²) in [4.78, 5) is 9.21. The third-order valence-corrected chi connectivity index (χ3v) is 5.62. The standard InChI is InChI=1S/C22H37N3/c1-4-10-22(25-17-24-20-13-6-5-7-14-20)21(16-23-3)18(2)15-19-11-8-9-12-19/h4,10,16,19-20,24H,5-9,11-15,17H2,1-3H3/b10-4-,21-18+,23-16-,25-22+. The number of aliphatic imine (C=N–C) groups is 2. The van der Waals surface area contributed by atoms with E-state index in [1.165, 1.54) is 75.4 Å². The largest absolute Gasteiger partial charge is 0.296 e. The molecule has 0 aromatic rings. The Morgan fingerprint density at radius 1 is 1.04 bits per heavy atom. The van der Waals surface area contributed by atoms with Gasteiger partial charge in [-0.1, -0.05) is 56.6 Å². The van der Waals surface area contributed by atoms with Crippen LogP contribution in [0.4, 0.5) is 0 Å². The maximum atomic E-state index is 4.89. The van der Waals surface area contributed by atoms with Gasteiger partial charge in [-0.2, -0.15) is 0 Å². The molecule has 2 aliphatic carbocycles. The van der Waals surface area contributed by atoms with Gasteiger partial charge in [0.2, 0.25) is 0 Å². The summed E-state index contributed by atoms with van der Waals surface area (Å²) in [5, 5.41) is 3.63. The highest BCUT2D eigenvalue weighted by molar-refractivity contribution is 6.21. The summed E-state index contributed by atoms with van der Waals surface area (Å²) in [7, 11) is 1.86. The van der Waals surface area contributed by atoms with Crippen LogP contribution < -0.4 is 5.32 Å². The predicted molar refractivity (Wildman–Crippen MR) is 111 cm³/mol. The Hall–Kier alpha value is -1.22.